The Labute approximate surface area is 133 Å². The van der Waals surface area contributed by atoms with Crippen molar-refractivity contribution in [2.45, 2.75) is 91.6 Å². The van der Waals surface area contributed by atoms with Gasteiger partial charge in [-0.2, -0.15) is 0 Å². The van der Waals surface area contributed by atoms with Crippen molar-refractivity contribution < 1.29 is 5.11 Å². The maximum atomic E-state index is 9.76. The van der Waals surface area contributed by atoms with Crippen LogP contribution in [0.15, 0.2) is 11.6 Å². The van der Waals surface area contributed by atoms with Gasteiger partial charge in [-0.25, -0.2) is 0 Å². The Morgan fingerprint density at radius 3 is 2.43 bits per heavy atom. The van der Waals surface area contributed by atoms with E-state index < -0.39 is 5.60 Å². The van der Waals surface area contributed by atoms with Crippen LogP contribution in [0.4, 0.5) is 0 Å². The molecule has 0 saturated heterocycles. The van der Waals surface area contributed by atoms with E-state index in [1.807, 2.05) is 0 Å². The van der Waals surface area contributed by atoms with Gasteiger partial charge in [0, 0.05) is 0 Å². The summed E-state index contributed by atoms with van der Waals surface area (Å²) in [6.07, 6.45) is 16.9. The minimum absolute atomic E-state index is 0.706. The second-order valence-corrected chi connectivity index (χ2v) is 7.33. The third-order valence-corrected chi connectivity index (χ3v) is 4.18. The zero-order chi connectivity index (χ0) is 16.3. The highest BCUT2D eigenvalue weighted by Gasteiger charge is 2.15. The van der Waals surface area contributed by atoms with E-state index in [9.17, 15) is 5.11 Å². The molecule has 1 heteroatoms. The van der Waals surface area contributed by atoms with Crippen LogP contribution in [-0.4, -0.2) is 10.7 Å². The van der Waals surface area contributed by atoms with E-state index in [4.69, 9.17) is 6.42 Å². The average molecular weight is 293 g/mol. The Morgan fingerprint density at radius 1 is 1.19 bits per heavy atom. The molecule has 2 atom stereocenters. The Bertz CT molecular complexity index is 330. The van der Waals surface area contributed by atoms with Crippen LogP contribution in [0.3, 0.4) is 0 Å². The second-order valence-electron chi connectivity index (χ2n) is 7.33. The van der Waals surface area contributed by atoms with Crippen molar-refractivity contribution in [3.8, 4) is 12.3 Å². The molecule has 0 amide bonds. The molecule has 0 aliphatic carbocycles. The summed E-state index contributed by atoms with van der Waals surface area (Å²) in [5.41, 5.74) is 0.616. The molecule has 1 N–H and O–H groups in total. The van der Waals surface area contributed by atoms with Crippen LogP contribution in [0.1, 0.15) is 86.0 Å². The van der Waals surface area contributed by atoms with E-state index in [2.05, 4.69) is 39.7 Å². The number of allylic oxidation sites excluding steroid dienone is 2. The number of terminal acetylenes is 1. The molecule has 0 aromatic heterocycles. The van der Waals surface area contributed by atoms with Gasteiger partial charge in [0.05, 0.1) is 0 Å². The summed E-state index contributed by atoms with van der Waals surface area (Å²) in [4.78, 5) is 0. The first-order chi connectivity index (χ1) is 9.76. The molecule has 0 aromatic carbocycles. The van der Waals surface area contributed by atoms with E-state index in [0.717, 1.165) is 18.8 Å². The summed E-state index contributed by atoms with van der Waals surface area (Å²) in [7, 11) is 0. The van der Waals surface area contributed by atoms with Crippen LogP contribution in [0.2, 0.25) is 0 Å². The zero-order valence-electron chi connectivity index (χ0n) is 14.9. The van der Waals surface area contributed by atoms with Gasteiger partial charge in [-0.1, -0.05) is 51.2 Å². The van der Waals surface area contributed by atoms with Crippen molar-refractivity contribution in [3.05, 3.63) is 11.6 Å². The standard InChI is InChI=1S/C20H36O/c1-7-20(6,21)16-10-15-19(5)14-9-13-18(4)12-8-11-17(2)3/h1,13,17,19,21H,8-12,14-16H2,2-6H3/b18-13+. The third-order valence-electron chi connectivity index (χ3n) is 4.18. The lowest BCUT2D eigenvalue weighted by atomic mass is 9.93. The fourth-order valence-corrected chi connectivity index (χ4v) is 2.52. The molecule has 0 aromatic rings. The molecule has 122 valence electrons. The first-order valence-corrected chi connectivity index (χ1v) is 8.62. The Balaban J connectivity index is 3.73. The second kappa shape index (κ2) is 10.9. The normalized spacial score (nSPS) is 16.6. The summed E-state index contributed by atoms with van der Waals surface area (Å²) in [5.74, 6) is 3.97. The summed E-state index contributed by atoms with van der Waals surface area (Å²) in [5, 5.41) is 9.76. The molecule has 0 bridgehead atoms. The minimum Gasteiger partial charge on any atom is -0.378 e. The average Bonchev–Trinajstić information content (AvgIpc) is 2.38. The molecule has 1 nitrogen and oxygen atoms in total. The van der Waals surface area contributed by atoms with Crippen LogP contribution < -0.4 is 0 Å². The van der Waals surface area contributed by atoms with Gasteiger partial charge in [0.15, 0.2) is 0 Å². The van der Waals surface area contributed by atoms with Crippen LogP contribution >= 0.6 is 0 Å². The monoisotopic (exact) mass is 292 g/mol. The van der Waals surface area contributed by atoms with Gasteiger partial charge < -0.3 is 5.11 Å². The number of hydrogen-bond acceptors (Lipinski definition) is 1. The molecule has 21 heavy (non-hydrogen) atoms. The fraction of sp³-hybridized carbons (Fsp3) is 0.800. The molecule has 0 aliphatic rings. The van der Waals surface area contributed by atoms with E-state index in [0.29, 0.717) is 12.3 Å². The van der Waals surface area contributed by atoms with Crippen LogP contribution in [0.25, 0.3) is 0 Å². The van der Waals surface area contributed by atoms with Gasteiger partial charge in [0.25, 0.3) is 0 Å². The van der Waals surface area contributed by atoms with Crippen molar-refractivity contribution in [2.75, 3.05) is 0 Å². The molecule has 2 unspecified atom stereocenters. The van der Waals surface area contributed by atoms with Crippen molar-refractivity contribution in [2.24, 2.45) is 11.8 Å². The van der Waals surface area contributed by atoms with Gasteiger partial charge >= 0.3 is 0 Å². The molecule has 0 aliphatic heterocycles. The topological polar surface area (TPSA) is 20.2 Å². The highest BCUT2D eigenvalue weighted by molar-refractivity contribution is 5.04. The van der Waals surface area contributed by atoms with E-state index in [1.165, 1.54) is 37.7 Å². The Morgan fingerprint density at radius 2 is 1.86 bits per heavy atom. The van der Waals surface area contributed by atoms with Crippen molar-refractivity contribution >= 4 is 0 Å². The first-order valence-electron chi connectivity index (χ1n) is 8.62. The van der Waals surface area contributed by atoms with Gasteiger partial charge in [0.2, 0.25) is 0 Å². The number of hydrogen-bond donors (Lipinski definition) is 1. The molecule has 0 radical (unpaired) electrons. The van der Waals surface area contributed by atoms with Crippen LogP contribution in [0, 0.1) is 24.2 Å². The number of rotatable bonds is 11. The fourth-order valence-electron chi connectivity index (χ4n) is 2.52. The lowest BCUT2D eigenvalue weighted by Gasteiger charge is -2.17. The zero-order valence-corrected chi connectivity index (χ0v) is 14.9. The summed E-state index contributed by atoms with van der Waals surface area (Å²) >= 11 is 0. The predicted octanol–water partition coefficient (Wildman–Crippen LogP) is 5.73. The lowest BCUT2D eigenvalue weighted by molar-refractivity contribution is 0.107. The van der Waals surface area contributed by atoms with Gasteiger partial charge in [-0.15, -0.1) is 6.42 Å². The summed E-state index contributed by atoms with van der Waals surface area (Å²) in [6.45, 7) is 10.9. The maximum absolute atomic E-state index is 9.76. The largest absolute Gasteiger partial charge is 0.378 e. The van der Waals surface area contributed by atoms with Crippen molar-refractivity contribution in [3.63, 3.8) is 0 Å². The highest BCUT2D eigenvalue weighted by Crippen LogP contribution is 2.20. The van der Waals surface area contributed by atoms with Crippen LogP contribution in [0.5, 0.6) is 0 Å². The van der Waals surface area contributed by atoms with Gasteiger partial charge in [0.1, 0.15) is 5.60 Å². The third kappa shape index (κ3) is 12.7. The summed E-state index contributed by atoms with van der Waals surface area (Å²) in [6, 6.07) is 0. The molecule has 0 spiro atoms. The SMILES string of the molecule is C#CC(C)(O)CCCC(C)CC/C=C(\C)CCCC(C)C. The van der Waals surface area contributed by atoms with Gasteiger partial charge in [-0.05, 0) is 64.2 Å². The van der Waals surface area contributed by atoms with Crippen molar-refractivity contribution in [1.82, 2.24) is 0 Å². The maximum Gasteiger partial charge on any atom is 0.122 e. The predicted molar refractivity (Wildman–Crippen MR) is 94.2 cm³/mol. The molecule has 0 fully saturated rings. The smallest absolute Gasteiger partial charge is 0.122 e. The number of aliphatic hydroxyl groups is 1. The minimum atomic E-state index is -0.924. The Kier molecular flexibility index (Phi) is 10.5. The highest BCUT2D eigenvalue weighted by atomic mass is 16.3. The van der Waals surface area contributed by atoms with Crippen LogP contribution in [-0.2, 0) is 0 Å². The lowest BCUT2D eigenvalue weighted by Crippen LogP contribution is -2.20. The molecule has 0 heterocycles. The quantitative estimate of drug-likeness (QED) is 0.381. The molecular formula is C20H36O. The first kappa shape index (κ1) is 20.3. The van der Waals surface area contributed by atoms with E-state index in [1.54, 1.807) is 6.92 Å². The molecule has 0 rings (SSSR count). The summed E-state index contributed by atoms with van der Waals surface area (Å²) < 4.78 is 0. The Hall–Kier alpha value is -0.740. The molecular weight excluding hydrogens is 256 g/mol. The van der Waals surface area contributed by atoms with E-state index in [-0.39, 0.29) is 0 Å². The van der Waals surface area contributed by atoms with Crippen molar-refractivity contribution in [1.29, 1.82) is 0 Å². The molecule has 0 saturated carbocycles. The van der Waals surface area contributed by atoms with E-state index >= 15 is 0 Å². The van der Waals surface area contributed by atoms with Gasteiger partial charge in [-0.3, -0.25) is 0 Å².